The van der Waals surface area contributed by atoms with Crippen LogP contribution in [0.3, 0.4) is 0 Å². The molecule has 0 saturated heterocycles. The number of aromatic carboxylic acids is 1. The molecule has 1 N–H and O–H groups in total. The van der Waals surface area contributed by atoms with E-state index in [9.17, 15) is 4.79 Å². The molecule has 1 atom stereocenters. The quantitative estimate of drug-likeness (QED) is 0.809. The highest BCUT2D eigenvalue weighted by Gasteiger charge is 2.16. The molecule has 0 aliphatic carbocycles. The van der Waals surface area contributed by atoms with E-state index in [1.54, 1.807) is 25.3 Å². The van der Waals surface area contributed by atoms with E-state index in [2.05, 4.69) is 24.0 Å². The molecule has 0 aromatic heterocycles. The standard InChI is InChI=1S/C19H23NO3/c1-15(17-8-4-3-5-9-17)20(11-12-23-2)14-16-7-6-10-18(13-16)19(21)22/h3-10,13,15H,11-12,14H2,1-2H3,(H,21,22). The van der Waals surface area contributed by atoms with Crippen LogP contribution in [0.25, 0.3) is 0 Å². The van der Waals surface area contributed by atoms with Gasteiger partial charge in [0.15, 0.2) is 0 Å². The average molecular weight is 313 g/mol. The SMILES string of the molecule is COCCN(Cc1cccc(C(=O)O)c1)C(C)c1ccccc1. The van der Waals surface area contributed by atoms with Gasteiger partial charge >= 0.3 is 5.97 Å². The van der Waals surface area contributed by atoms with Gasteiger partial charge in [0.1, 0.15) is 0 Å². The maximum atomic E-state index is 11.1. The fourth-order valence-corrected chi connectivity index (χ4v) is 2.60. The van der Waals surface area contributed by atoms with Gasteiger partial charge in [-0.2, -0.15) is 0 Å². The van der Waals surface area contributed by atoms with Gasteiger partial charge in [0.05, 0.1) is 12.2 Å². The zero-order chi connectivity index (χ0) is 16.7. The monoisotopic (exact) mass is 313 g/mol. The minimum Gasteiger partial charge on any atom is -0.478 e. The summed E-state index contributed by atoms with van der Waals surface area (Å²) < 4.78 is 5.22. The van der Waals surface area contributed by atoms with Crippen molar-refractivity contribution in [2.45, 2.75) is 19.5 Å². The Bertz CT molecular complexity index is 628. The minimum atomic E-state index is -0.897. The maximum Gasteiger partial charge on any atom is 0.335 e. The molecule has 0 heterocycles. The molecule has 0 spiro atoms. The Labute approximate surface area is 137 Å². The molecule has 0 saturated carbocycles. The first-order valence-corrected chi connectivity index (χ1v) is 7.72. The van der Waals surface area contributed by atoms with Gasteiger partial charge in [0.2, 0.25) is 0 Å². The van der Waals surface area contributed by atoms with Crippen LogP contribution in [0.15, 0.2) is 54.6 Å². The molecule has 23 heavy (non-hydrogen) atoms. The number of ether oxygens (including phenoxy) is 1. The van der Waals surface area contributed by atoms with E-state index in [0.717, 1.165) is 12.1 Å². The summed E-state index contributed by atoms with van der Waals surface area (Å²) >= 11 is 0. The first-order chi connectivity index (χ1) is 11.1. The van der Waals surface area contributed by atoms with Crippen molar-refractivity contribution < 1.29 is 14.6 Å². The molecular formula is C19H23NO3. The summed E-state index contributed by atoms with van der Waals surface area (Å²) in [7, 11) is 1.69. The smallest absolute Gasteiger partial charge is 0.335 e. The van der Waals surface area contributed by atoms with Gasteiger partial charge < -0.3 is 9.84 Å². The summed E-state index contributed by atoms with van der Waals surface area (Å²) in [6.07, 6.45) is 0. The van der Waals surface area contributed by atoms with Crippen molar-refractivity contribution in [3.63, 3.8) is 0 Å². The lowest BCUT2D eigenvalue weighted by atomic mass is 10.1. The van der Waals surface area contributed by atoms with Crippen molar-refractivity contribution in [3.05, 3.63) is 71.3 Å². The van der Waals surface area contributed by atoms with Crippen LogP contribution >= 0.6 is 0 Å². The predicted octanol–water partition coefficient (Wildman–Crippen LogP) is 3.59. The van der Waals surface area contributed by atoms with Gasteiger partial charge in [0.25, 0.3) is 0 Å². The molecule has 2 rings (SSSR count). The Balaban J connectivity index is 2.18. The average Bonchev–Trinajstić information content (AvgIpc) is 2.59. The van der Waals surface area contributed by atoms with Crippen molar-refractivity contribution >= 4 is 5.97 Å². The number of benzene rings is 2. The van der Waals surface area contributed by atoms with Gasteiger partial charge in [-0.05, 0) is 30.2 Å². The lowest BCUT2D eigenvalue weighted by molar-refractivity contribution is 0.0696. The van der Waals surface area contributed by atoms with E-state index in [4.69, 9.17) is 9.84 Å². The number of carbonyl (C=O) groups is 1. The normalized spacial score (nSPS) is 12.3. The second kappa shape index (κ2) is 8.46. The first-order valence-electron chi connectivity index (χ1n) is 7.72. The Kier molecular flexibility index (Phi) is 6.32. The van der Waals surface area contributed by atoms with Crippen LogP contribution in [0.4, 0.5) is 0 Å². The van der Waals surface area contributed by atoms with E-state index in [1.165, 1.54) is 5.56 Å². The van der Waals surface area contributed by atoms with Gasteiger partial charge in [0, 0.05) is 26.2 Å². The van der Waals surface area contributed by atoms with Gasteiger partial charge in [-0.15, -0.1) is 0 Å². The third-order valence-corrected chi connectivity index (χ3v) is 3.97. The molecule has 4 heteroatoms. The Morgan fingerprint density at radius 1 is 1.17 bits per heavy atom. The van der Waals surface area contributed by atoms with E-state index in [-0.39, 0.29) is 6.04 Å². The largest absolute Gasteiger partial charge is 0.478 e. The summed E-state index contributed by atoms with van der Waals surface area (Å²) in [5.74, 6) is -0.897. The first kappa shape index (κ1) is 17.2. The highest BCUT2D eigenvalue weighted by atomic mass is 16.5. The van der Waals surface area contributed by atoms with Crippen LogP contribution < -0.4 is 0 Å². The summed E-state index contributed by atoms with van der Waals surface area (Å²) in [5, 5.41) is 9.14. The number of carboxylic acids is 1. The molecule has 0 aliphatic rings. The highest BCUT2D eigenvalue weighted by Crippen LogP contribution is 2.22. The third kappa shape index (κ3) is 4.91. The summed E-state index contributed by atoms with van der Waals surface area (Å²) in [5.41, 5.74) is 2.54. The molecule has 2 aromatic rings. The van der Waals surface area contributed by atoms with Crippen LogP contribution in [0, 0.1) is 0 Å². The molecule has 0 bridgehead atoms. The van der Waals surface area contributed by atoms with Crippen LogP contribution in [0.2, 0.25) is 0 Å². The topological polar surface area (TPSA) is 49.8 Å². The second-order valence-electron chi connectivity index (χ2n) is 5.56. The van der Waals surface area contributed by atoms with Gasteiger partial charge in [-0.1, -0.05) is 42.5 Å². The van der Waals surface area contributed by atoms with Crippen molar-refractivity contribution in [1.29, 1.82) is 0 Å². The van der Waals surface area contributed by atoms with E-state index >= 15 is 0 Å². The lowest BCUT2D eigenvalue weighted by Gasteiger charge is -2.29. The van der Waals surface area contributed by atoms with Crippen LogP contribution in [0.5, 0.6) is 0 Å². The maximum absolute atomic E-state index is 11.1. The molecule has 0 radical (unpaired) electrons. The summed E-state index contributed by atoms with van der Waals surface area (Å²) in [6, 6.07) is 17.6. The van der Waals surface area contributed by atoms with Gasteiger partial charge in [-0.3, -0.25) is 4.90 Å². The molecule has 0 fully saturated rings. The summed E-state index contributed by atoms with van der Waals surface area (Å²) in [6.45, 7) is 4.26. The number of nitrogens with zero attached hydrogens (tertiary/aromatic N) is 1. The third-order valence-electron chi connectivity index (χ3n) is 3.97. The molecular weight excluding hydrogens is 290 g/mol. The minimum absolute atomic E-state index is 0.222. The molecule has 2 aromatic carbocycles. The van der Waals surface area contributed by atoms with E-state index in [1.807, 2.05) is 24.3 Å². The summed E-state index contributed by atoms with van der Waals surface area (Å²) in [4.78, 5) is 13.4. The van der Waals surface area contributed by atoms with E-state index < -0.39 is 5.97 Å². The zero-order valence-electron chi connectivity index (χ0n) is 13.6. The van der Waals surface area contributed by atoms with E-state index in [0.29, 0.717) is 18.7 Å². The van der Waals surface area contributed by atoms with Crippen molar-refractivity contribution in [2.24, 2.45) is 0 Å². The second-order valence-corrected chi connectivity index (χ2v) is 5.56. The van der Waals surface area contributed by atoms with Crippen molar-refractivity contribution in [2.75, 3.05) is 20.3 Å². The number of rotatable bonds is 8. The van der Waals surface area contributed by atoms with Crippen molar-refractivity contribution in [1.82, 2.24) is 4.90 Å². The fourth-order valence-electron chi connectivity index (χ4n) is 2.60. The molecule has 4 nitrogen and oxygen atoms in total. The Morgan fingerprint density at radius 3 is 2.57 bits per heavy atom. The number of carboxylic acid groups (broad SMARTS) is 1. The molecule has 0 aliphatic heterocycles. The molecule has 0 amide bonds. The van der Waals surface area contributed by atoms with Crippen LogP contribution in [-0.2, 0) is 11.3 Å². The molecule has 122 valence electrons. The number of hydrogen-bond acceptors (Lipinski definition) is 3. The van der Waals surface area contributed by atoms with Crippen LogP contribution in [-0.4, -0.2) is 36.2 Å². The predicted molar refractivity (Wildman–Crippen MR) is 90.5 cm³/mol. The van der Waals surface area contributed by atoms with Gasteiger partial charge in [-0.25, -0.2) is 4.79 Å². The van der Waals surface area contributed by atoms with Crippen molar-refractivity contribution in [3.8, 4) is 0 Å². The number of hydrogen-bond donors (Lipinski definition) is 1. The number of methoxy groups -OCH3 is 1. The molecule has 1 unspecified atom stereocenters. The zero-order valence-corrected chi connectivity index (χ0v) is 13.6. The lowest BCUT2D eigenvalue weighted by Crippen LogP contribution is -2.30. The Hall–Kier alpha value is -2.17. The Morgan fingerprint density at radius 2 is 1.91 bits per heavy atom. The highest BCUT2D eigenvalue weighted by molar-refractivity contribution is 5.87. The van der Waals surface area contributed by atoms with Crippen LogP contribution in [0.1, 0.15) is 34.5 Å². The fraction of sp³-hybridized carbons (Fsp3) is 0.316.